The van der Waals surface area contributed by atoms with Crippen LogP contribution in [0.4, 0.5) is 0 Å². The SMILES string of the molecule is C/C=C/C[C@@H](C)[C@@H](O)[C@@H](C(=O)NC(CC)C(=O)CC(C)C)N(C)C(=O)[C@H](C(C)C)N(C)C(=O)[C@H](CC(C)C)N(C)C(=O)CC(C)C. The third-order valence-corrected chi connectivity index (χ3v) is 8.48. The lowest BCUT2D eigenvalue weighted by atomic mass is 9.91. The zero-order valence-electron chi connectivity index (χ0n) is 31.3. The predicted molar refractivity (Wildman–Crippen MR) is 185 cm³/mol. The molecule has 0 spiro atoms. The maximum absolute atomic E-state index is 14.3. The summed E-state index contributed by atoms with van der Waals surface area (Å²) in [6.07, 6.45) is 4.38. The molecule has 0 aromatic rings. The Labute approximate surface area is 279 Å². The van der Waals surface area contributed by atoms with Crippen molar-refractivity contribution in [3.05, 3.63) is 12.2 Å². The first kappa shape index (κ1) is 43.2. The number of nitrogens with one attached hydrogen (secondary N) is 1. The molecule has 0 aromatic carbocycles. The van der Waals surface area contributed by atoms with Crippen molar-refractivity contribution >= 4 is 29.4 Å². The number of carbonyl (C=O) groups excluding carboxylic acids is 5. The number of Topliss-reactive ketones (excluding diaryl/α,β-unsaturated/α-hetero) is 1. The Kier molecular flexibility index (Phi) is 19.3. The van der Waals surface area contributed by atoms with Gasteiger partial charge in [0.1, 0.15) is 18.1 Å². The molecule has 0 saturated carbocycles. The number of rotatable bonds is 20. The molecule has 0 aliphatic heterocycles. The maximum atomic E-state index is 14.3. The van der Waals surface area contributed by atoms with Crippen molar-refractivity contribution in [2.24, 2.45) is 29.6 Å². The number of carbonyl (C=O) groups is 5. The molecule has 266 valence electrons. The van der Waals surface area contributed by atoms with Gasteiger partial charge in [0.2, 0.25) is 23.6 Å². The summed E-state index contributed by atoms with van der Waals surface area (Å²) in [5.74, 6) is -2.12. The van der Waals surface area contributed by atoms with E-state index in [-0.39, 0.29) is 47.2 Å². The van der Waals surface area contributed by atoms with Crippen LogP contribution in [0.15, 0.2) is 12.2 Å². The Bertz CT molecular complexity index is 1020. The van der Waals surface area contributed by atoms with Crippen molar-refractivity contribution in [3.8, 4) is 0 Å². The van der Waals surface area contributed by atoms with Crippen molar-refractivity contribution in [1.29, 1.82) is 0 Å². The topological polar surface area (TPSA) is 127 Å². The summed E-state index contributed by atoms with van der Waals surface area (Å²) in [7, 11) is 4.66. The van der Waals surface area contributed by atoms with Crippen LogP contribution in [0.25, 0.3) is 0 Å². The third-order valence-electron chi connectivity index (χ3n) is 8.48. The highest BCUT2D eigenvalue weighted by atomic mass is 16.3. The quantitative estimate of drug-likeness (QED) is 0.184. The van der Waals surface area contributed by atoms with Gasteiger partial charge in [0, 0.05) is 34.0 Å². The van der Waals surface area contributed by atoms with Crippen LogP contribution in [0.1, 0.15) is 108 Å². The van der Waals surface area contributed by atoms with E-state index in [1.54, 1.807) is 21.0 Å². The van der Waals surface area contributed by atoms with E-state index < -0.39 is 42.1 Å². The molecule has 0 fully saturated rings. The highest BCUT2D eigenvalue weighted by molar-refractivity contribution is 5.96. The Morgan fingerprint density at radius 2 is 1.26 bits per heavy atom. The van der Waals surface area contributed by atoms with Gasteiger partial charge in [0.25, 0.3) is 0 Å². The second kappa shape index (κ2) is 20.5. The molecular weight excluding hydrogens is 584 g/mol. The van der Waals surface area contributed by atoms with Crippen LogP contribution in [0.2, 0.25) is 0 Å². The van der Waals surface area contributed by atoms with Crippen LogP contribution in [-0.2, 0) is 24.0 Å². The van der Waals surface area contributed by atoms with Crippen LogP contribution < -0.4 is 5.32 Å². The first-order chi connectivity index (χ1) is 21.2. The molecule has 0 radical (unpaired) electrons. The minimum Gasteiger partial charge on any atom is -0.390 e. The number of hydrogen-bond donors (Lipinski definition) is 2. The number of hydrogen-bond acceptors (Lipinski definition) is 6. The highest BCUT2D eigenvalue weighted by Gasteiger charge is 2.43. The van der Waals surface area contributed by atoms with Crippen molar-refractivity contribution in [2.75, 3.05) is 21.1 Å². The van der Waals surface area contributed by atoms with Crippen molar-refractivity contribution in [3.63, 3.8) is 0 Å². The van der Waals surface area contributed by atoms with Gasteiger partial charge in [-0.3, -0.25) is 24.0 Å². The first-order valence-corrected chi connectivity index (χ1v) is 17.1. The molecule has 2 N–H and O–H groups in total. The van der Waals surface area contributed by atoms with Gasteiger partial charge in [0.15, 0.2) is 5.78 Å². The van der Waals surface area contributed by atoms with Crippen LogP contribution in [0.3, 0.4) is 0 Å². The number of amides is 4. The zero-order valence-corrected chi connectivity index (χ0v) is 31.3. The monoisotopic (exact) mass is 650 g/mol. The minimum atomic E-state index is -1.31. The molecule has 0 bridgehead atoms. The molecule has 10 heteroatoms. The second-order valence-electron chi connectivity index (χ2n) is 14.6. The van der Waals surface area contributed by atoms with Gasteiger partial charge in [0.05, 0.1) is 12.1 Å². The fourth-order valence-corrected chi connectivity index (χ4v) is 5.73. The van der Waals surface area contributed by atoms with Gasteiger partial charge < -0.3 is 25.1 Å². The van der Waals surface area contributed by atoms with E-state index in [4.69, 9.17) is 0 Å². The number of ketones is 1. The Balaban J connectivity index is 6.65. The number of allylic oxidation sites excluding steroid dienone is 2. The van der Waals surface area contributed by atoms with Gasteiger partial charge in [-0.25, -0.2) is 0 Å². The summed E-state index contributed by atoms with van der Waals surface area (Å²) >= 11 is 0. The van der Waals surface area contributed by atoms with Crippen LogP contribution in [0.5, 0.6) is 0 Å². The van der Waals surface area contributed by atoms with E-state index in [1.165, 1.54) is 21.7 Å². The molecule has 0 saturated heterocycles. The van der Waals surface area contributed by atoms with E-state index in [0.717, 1.165) is 0 Å². The smallest absolute Gasteiger partial charge is 0.246 e. The van der Waals surface area contributed by atoms with Gasteiger partial charge >= 0.3 is 0 Å². The standard InChI is InChI=1S/C36H66N4O6/c1-15-17-18-26(11)33(43)32(34(44)37-27(16-2)29(41)20-23(5)6)40(14)36(46)31(25(9)10)39(13)35(45)28(19-22(3)4)38(12)30(42)21-24(7)8/h15,17,22-28,31-33,43H,16,18-21H2,1-14H3,(H,37,44)/b17-15+/t26-,27?,28+,31+,32+,33-/m1/s1. The molecule has 4 amide bonds. The Hall–Kier alpha value is -2.75. The lowest BCUT2D eigenvalue weighted by molar-refractivity contribution is -0.156. The van der Waals surface area contributed by atoms with Gasteiger partial charge in [-0.05, 0) is 55.8 Å². The van der Waals surface area contributed by atoms with E-state index in [0.29, 0.717) is 32.1 Å². The van der Waals surface area contributed by atoms with Crippen LogP contribution >= 0.6 is 0 Å². The number of aliphatic hydroxyl groups is 1. The molecule has 1 unspecified atom stereocenters. The zero-order chi connectivity index (χ0) is 36.0. The number of aliphatic hydroxyl groups excluding tert-OH is 1. The van der Waals surface area contributed by atoms with Gasteiger partial charge in [-0.2, -0.15) is 0 Å². The Morgan fingerprint density at radius 1 is 0.739 bits per heavy atom. The first-order valence-electron chi connectivity index (χ1n) is 17.1. The van der Waals surface area contributed by atoms with Crippen molar-refractivity contribution in [1.82, 2.24) is 20.0 Å². The van der Waals surface area contributed by atoms with E-state index in [2.05, 4.69) is 5.32 Å². The molecule has 0 aliphatic rings. The van der Waals surface area contributed by atoms with E-state index in [1.807, 2.05) is 81.4 Å². The summed E-state index contributed by atoms with van der Waals surface area (Å²) < 4.78 is 0. The highest BCUT2D eigenvalue weighted by Crippen LogP contribution is 2.23. The van der Waals surface area contributed by atoms with E-state index in [9.17, 15) is 29.1 Å². The molecule has 0 aliphatic carbocycles. The normalized spacial score (nSPS) is 15.9. The molecule has 0 heterocycles. The van der Waals surface area contributed by atoms with Crippen LogP contribution in [-0.4, -0.2) is 101 Å². The average molecular weight is 651 g/mol. The molecule has 6 atom stereocenters. The minimum absolute atomic E-state index is 0.104. The van der Waals surface area contributed by atoms with Gasteiger partial charge in [-0.15, -0.1) is 0 Å². The summed E-state index contributed by atoms with van der Waals surface area (Å²) in [5, 5.41) is 14.3. The number of nitrogens with zero attached hydrogens (tertiary/aromatic N) is 3. The third kappa shape index (κ3) is 13.2. The summed E-state index contributed by atoms with van der Waals surface area (Å²) in [4.78, 5) is 72.3. The van der Waals surface area contributed by atoms with Crippen molar-refractivity contribution < 1.29 is 29.1 Å². The lowest BCUT2D eigenvalue weighted by Gasteiger charge is -2.40. The molecule has 10 nitrogen and oxygen atoms in total. The van der Waals surface area contributed by atoms with E-state index >= 15 is 0 Å². The Morgan fingerprint density at radius 3 is 1.70 bits per heavy atom. The number of likely N-dealkylation sites (N-methyl/N-ethyl adjacent to an activating group) is 3. The lowest BCUT2D eigenvalue weighted by Crippen LogP contribution is -2.62. The largest absolute Gasteiger partial charge is 0.390 e. The predicted octanol–water partition coefficient (Wildman–Crippen LogP) is 4.69. The molecule has 0 aromatic heterocycles. The average Bonchev–Trinajstić information content (AvgIpc) is 2.95. The molecule has 46 heavy (non-hydrogen) atoms. The molecule has 0 rings (SSSR count). The van der Waals surface area contributed by atoms with Gasteiger partial charge in [-0.1, -0.05) is 81.4 Å². The summed E-state index contributed by atoms with van der Waals surface area (Å²) in [6.45, 7) is 20.9. The second-order valence-corrected chi connectivity index (χ2v) is 14.6. The summed E-state index contributed by atoms with van der Waals surface area (Å²) in [5.41, 5.74) is 0. The molecular formula is C36H66N4O6. The fraction of sp³-hybridized carbons (Fsp3) is 0.806. The summed E-state index contributed by atoms with van der Waals surface area (Å²) in [6, 6.07) is -3.79. The maximum Gasteiger partial charge on any atom is 0.246 e. The van der Waals surface area contributed by atoms with Crippen molar-refractivity contribution in [2.45, 2.75) is 139 Å². The fourth-order valence-electron chi connectivity index (χ4n) is 5.73. The van der Waals surface area contributed by atoms with Crippen LogP contribution in [0, 0.1) is 29.6 Å².